The molecule has 0 aliphatic carbocycles. The molecule has 1 rings (SSSR count). The maximum absolute atomic E-state index is 10.8. The molecule has 0 fully saturated rings. The molecule has 0 spiro atoms. The van der Waals surface area contributed by atoms with E-state index in [9.17, 15) is 4.79 Å². The number of pyridine rings is 1. The van der Waals surface area contributed by atoms with Crippen molar-refractivity contribution in [2.45, 2.75) is 13.3 Å². The fourth-order valence-corrected chi connectivity index (χ4v) is 1.44. The molecule has 0 saturated carbocycles. The lowest BCUT2D eigenvalue weighted by Crippen LogP contribution is -2.26. The normalized spacial score (nSPS) is 10.0. The maximum atomic E-state index is 10.8. The second-order valence-electron chi connectivity index (χ2n) is 3.19. The summed E-state index contributed by atoms with van der Waals surface area (Å²) < 4.78 is 0. The van der Waals surface area contributed by atoms with Gasteiger partial charge in [0.1, 0.15) is 5.82 Å². The molecule has 0 saturated heterocycles. The summed E-state index contributed by atoms with van der Waals surface area (Å²) in [4.78, 5) is 17.0. The van der Waals surface area contributed by atoms with Gasteiger partial charge < -0.3 is 10.0 Å². The van der Waals surface area contributed by atoms with Gasteiger partial charge in [0.05, 0.1) is 5.56 Å². The third kappa shape index (κ3) is 3.02. The first-order valence-electron chi connectivity index (χ1n) is 5.09. The van der Waals surface area contributed by atoms with Crippen LogP contribution >= 0.6 is 0 Å². The average Bonchev–Trinajstić information content (AvgIpc) is 2.30. The summed E-state index contributed by atoms with van der Waals surface area (Å²) in [6.07, 6.45) is 3.16. The van der Waals surface area contributed by atoms with Gasteiger partial charge >= 0.3 is 0 Å². The van der Waals surface area contributed by atoms with E-state index in [1.165, 1.54) is 0 Å². The lowest BCUT2D eigenvalue weighted by atomic mass is 10.2. The number of aromatic nitrogens is 1. The Morgan fingerprint density at radius 3 is 3.00 bits per heavy atom. The highest BCUT2D eigenvalue weighted by Crippen LogP contribution is 2.14. The van der Waals surface area contributed by atoms with Crippen molar-refractivity contribution in [2.75, 3.05) is 24.6 Å². The van der Waals surface area contributed by atoms with E-state index < -0.39 is 0 Å². The predicted octanol–water partition coefficient (Wildman–Crippen LogP) is 1.10. The topological polar surface area (TPSA) is 53.4 Å². The number of hydrogen-bond donors (Lipinski definition) is 1. The summed E-state index contributed by atoms with van der Waals surface area (Å²) in [5.41, 5.74) is 0.595. The van der Waals surface area contributed by atoms with Crippen LogP contribution in [0.4, 0.5) is 5.82 Å². The lowest BCUT2D eigenvalue weighted by Gasteiger charge is -2.22. The molecule has 82 valence electrons. The minimum Gasteiger partial charge on any atom is -0.396 e. The third-order valence-electron chi connectivity index (χ3n) is 2.21. The molecule has 1 aromatic rings. The van der Waals surface area contributed by atoms with Crippen LogP contribution in [0.15, 0.2) is 18.3 Å². The van der Waals surface area contributed by atoms with Gasteiger partial charge in [-0.15, -0.1) is 0 Å². The Kier molecular flexibility index (Phi) is 4.77. The van der Waals surface area contributed by atoms with Crippen LogP contribution in [0.5, 0.6) is 0 Å². The molecule has 0 amide bonds. The molecule has 0 bridgehead atoms. The van der Waals surface area contributed by atoms with Gasteiger partial charge in [-0.25, -0.2) is 4.98 Å². The van der Waals surface area contributed by atoms with Crippen LogP contribution in [0.2, 0.25) is 0 Å². The predicted molar refractivity (Wildman–Crippen MR) is 59.2 cm³/mol. The molecule has 0 atom stereocenters. The number of rotatable bonds is 6. The second kappa shape index (κ2) is 6.14. The highest BCUT2D eigenvalue weighted by atomic mass is 16.3. The molecule has 0 aliphatic rings. The summed E-state index contributed by atoms with van der Waals surface area (Å²) in [5, 5.41) is 8.77. The van der Waals surface area contributed by atoms with E-state index in [-0.39, 0.29) is 6.61 Å². The molecule has 0 radical (unpaired) electrons. The molecular weight excluding hydrogens is 192 g/mol. The largest absolute Gasteiger partial charge is 0.396 e. The molecule has 4 nitrogen and oxygen atoms in total. The van der Waals surface area contributed by atoms with Crippen molar-refractivity contribution in [3.63, 3.8) is 0 Å². The Morgan fingerprint density at radius 2 is 2.40 bits per heavy atom. The van der Waals surface area contributed by atoms with Crippen LogP contribution in [0.25, 0.3) is 0 Å². The number of aliphatic hydroxyl groups excluding tert-OH is 1. The van der Waals surface area contributed by atoms with E-state index in [0.717, 1.165) is 12.8 Å². The van der Waals surface area contributed by atoms with E-state index in [2.05, 4.69) is 4.98 Å². The van der Waals surface area contributed by atoms with E-state index >= 15 is 0 Å². The SMILES string of the molecule is CCN(CCCO)c1ncccc1C=O. The Labute approximate surface area is 89.6 Å². The summed E-state index contributed by atoms with van der Waals surface area (Å²) in [5.74, 6) is 0.698. The van der Waals surface area contributed by atoms with E-state index in [1.807, 2.05) is 11.8 Å². The van der Waals surface area contributed by atoms with Gasteiger partial charge in [0.15, 0.2) is 6.29 Å². The Hall–Kier alpha value is -1.42. The minimum absolute atomic E-state index is 0.153. The molecule has 15 heavy (non-hydrogen) atoms. The molecule has 1 N–H and O–H groups in total. The Balaban J connectivity index is 2.85. The monoisotopic (exact) mass is 208 g/mol. The molecule has 1 aromatic heterocycles. The zero-order chi connectivity index (χ0) is 11.1. The van der Waals surface area contributed by atoms with Crippen LogP contribution in [0, 0.1) is 0 Å². The zero-order valence-electron chi connectivity index (χ0n) is 8.89. The Morgan fingerprint density at radius 1 is 1.60 bits per heavy atom. The van der Waals surface area contributed by atoms with Gasteiger partial charge in [0, 0.05) is 25.9 Å². The summed E-state index contributed by atoms with van der Waals surface area (Å²) in [7, 11) is 0. The van der Waals surface area contributed by atoms with Crippen LogP contribution in [-0.4, -0.2) is 36.1 Å². The van der Waals surface area contributed by atoms with Crippen molar-refractivity contribution in [1.29, 1.82) is 0 Å². The second-order valence-corrected chi connectivity index (χ2v) is 3.19. The van der Waals surface area contributed by atoms with Crippen molar-refractivity contribution in [2.24, 2.45) is 0 Å². The number of anilines is 1. The van der Waals surface area contributed by atoms with Crippen LogP contribution in [0.1, 0.15) is 23.7 Å². The molecule has 0 aliphatic heterocycles. The van der Waals surface area contributed by atoms with E-state index in [0.29, 0.717) is 24.3 Å². The fourth-order valence-electron chi connectivity index (χ4n) is 1.44. The molecule has 4 heteroatoms. The quantitative estimate of drug-likeness (QED) is 0.711. The molecule has 0 aromatic carbocycles. The zero-order valence-corrected chi connectivity index (χ0v) is 8.89. The highest BCUT2D eigenvalue weighted by molar-refractivity contribution is 5.82. The maximum Gasteiger partial charge on any atom is 0.153 e. The highest BCUT2D eigenvalue weighted by Gasteiger charge is 2.09. The first-order chi connectivity index (χ1) is 7.33. The van der Waals surface area contributed by atoms with E-state index in [1.54, 1.807) is 18.3 Å². The molecule has 0 unspecified atom stereocenters. The minimum atomic E-state index is 0.153. The average molecular weight is 208 g/mol. The number of hydrogen-bond acceptors (Lipinski definition) is 4. The van der Waals surface area contributed by atoms with Crippen molar-refractivity contribution in [3.8, 4) is 0 Å². The van der Waals surface area contributed by atoms with Gasteiger partial charge in [-0.05, 0) is 25.5 Å². The van der Waals surface area contributed by atoms with Crippen LogP contribution in [0.3, 0.4) is 0 Å². The first kappa shape index (κ1) is 11.7. The fraction of sp³-hybridized carbons (Fsp3) is 0.455. The van der Waals surface area contributed by atoms with Gasteiger partial charge in [-0.1, -0.05) is 0 Å². The summed E-state index contributed by atoms with van der Waals surface area (Å²) >= 11 is 0. The standard InChI is InChI=1S/C11H16N2O2/c1-2-13(7-4-8-14)11-10(9-15)5-3-6-12-11/h3,5-6,9,14H,2,4,7-8H2,1H3. The van der Waals surface area contributed by atoms with Crippen molar-refractivity contribution in [1.82, 2.24) is 4.98 Å². The number of carbonyl (C=O) groups excluding carboxylic acids is 1. The van der Waals surface area contributed by atoms with Gasteiger partial charge in [0.25, 0.3) is 0 Å². The number of nitrogens with zero attached hydrogens (tertiary/aromatic N) is 2. The first-order valence-corrected chi connectivity index (χ1v) is 5.09. The van der Waals surface area contributed by atoms with Gasteiger partial charge in [-0.2, -0.15) is 0 Å². The van der Waals surface area contributed by atoms with Gasteiger partial charge in [-0.3, -0.25) is 4.79 Å². The molecule has 1 heterocycles. The Bertz CT molecular complexity index is 315. The third-order valence-corrected chi connectivity index (χ3v) is 2.21. The van der Waals surface area contributed by atoms with Crippen molar-refractivity contribution >= 4 is 12.1 Å². The summed E-state index contributed by atoms with van der Waals surface area (Å²) in [6, 6.07) is 3.49. The van der Waals surface area contributed by atoms with Crippen LogP contribution < -0.4 is 4.90 Å². The number of aldehydes is 1. The lowest BCUT2D eigenvalue weighted by molar-refractivity contribution is 0.112. The molecular formula is C11H16N2O2. The number of aliphatic hydroxyl groups is 1. The smallest absolute Gasteiger partial charge is 0.153 e. The van der Waals surface area contributed by atoms with Crippen LogP contribution in [-0.2, 0) is 0 Å². The summed E-state index contributed by atoms with van der Waals surface area (Å²) in [6.45, 7) is 3.64. The van der Waals surface area contributed by atoms with Crippen molar-refractivity contribution < 1.29 is 9.90 Å². The number of carbonyl (C=O) groups is 1. The van der Waals surface area contributed by atoms with E-state index in [4.69, 9.17) is 5.11 Å². The van der Waals surface area contributed by atoms with Crippen molar-refractivity contribution in [3.05, 3.63) is 23.9 Å². The van der Waals surface area contributed by atoms with Gasteiger partial charge in [0.2, 0.25) is 0 Å².